The summed E-state index contributed by atoms with van der Waals surface area (Å²) in [5.41, 5.74) is 1.87. The number of hydrogen-bond acceptors (Lipinski definition) is 4. The van der Waals surface area contributed by atoms with E-state index in [1.165, 1.54) is 0 Å². The van der Waals surface area contributed by atoms with E-state index in [4.69, 9.17) is 23.2 Å². The molecule has 0 saturated carbocycles. The van der Waals surface area contributed by atoms with Crippen molar-refractivity contribution in [3.05, 3.63) is 34.6 Å². The predicted molar refractivity (Wildman–Crippen MR) is 95.3 cm³/mol. The number of imidazole rings is 1. The first-order chi connectivity index (χ1) is 11.6. The van der Waals surface area contributed by atoms with Crippen molar-refractivity contribution in [2.45, 2.75) is 20.0 Å². The van der Waals surface area contributed by atoms with Crippen LogP contribution in [0.4, 0.5) is 5.82 Å². The van der Waals surface area contributed by atoms with Crippen LogP contribution < -0.4 is 4.90 Å². The quantitative estimate of drug-likeness (QED) is 0.710. The molecule has 0 amide bonds. The van der Waals surface area contributed by atoms with Crippen molar-refractivity contribution in [1.82, 2.24) is 24.3 Å². The lowest BCUT2D eigenvalue weighted by Gasteiger charge is -2.29. The Kier molecular flexibility index (Phi) is 3.73. The summed E-state index contributed by atoms with van der Waals surface area (Å²) in [6.45, 7) is 3.74. The molecule has 1 aliphatic rings. The highest BCUT2D eigenvalue weighted by atomic mass is 35.5. The minimum absolute atomic E-state index is 0.508. The minimum Gasteiger partial charge on any atom is -0.337 e. The van der Waals surface area contributed by atoms with E-state index in [1.54, 1.807) is 6.07 Å². The highest BCUT2D eigenvalue weighted by molar-refractivity contribution is 6.42. The molecule has 124 valence electrons. The van der Waals surface area contributed by atoms with Gasteiger partial charge in [0, 0.05) is 19.2 Å². The van der Waals surface area contributed by atoms with Crippen molar-refractivity contribution in [2.24, 2.45) is 7.05 Å². The molecule has 24 heavy (non-hydrogen) atoms. The number of nitrogens with zero attached hydrogens (tertiary/aromatic N) is 6. The Hall–Kier alpha value is -2.05. The number of anilines is 1. The summed E-state index contributed by atoms with van der Waals surface area (Å²) < 4.78 is 4.08. The normalized spacial score (nSPS) is 13.1. The van der Waals surface area contributed by atoms with Crippen molar-refractivity contribution < 1.29 is 0 Å². The lowest BCUT2D eigenvalue weighted by molar-refractivity contribution is 0.616. The third kappa shape index (κ3) is 2.29. The molecule has 0 fully saturated rings. The Bertz CT molecular complexity index is 913. The van der Waals surface area contributed by atoms with E-state index in [-0.39, 0.29) is 0 Å². The Morgan fingerprint density at radius 3 is 2.67 bits per heavy atom. The maximum absolute atomic E-state index is 6.17. The van der Waals surface area contributed by atoms with Gasteiger partial charge in [0.15, 0.2) is 17.5 Å². The summed E-state index contributed by atoms with van der Waals surface area (Å²) in [5, 5.41) is 9.84. The molecule has 1 aromatic carbocycles. The van der Waals surface area contributed by atoms with Crippen LogP contribution in [0.15, 0.2) is 24.5 Å². The first-order valence-corrected chi connectivity index (χ1v) is 8.51. The standard InChI is InChI=1S/C16H16Cl2N6/c1-3-6-23-9-24-14(10-4-5-11(17)12(18)7-10)20-21-16(24)13-15(23)19-8-22(13)2/h4-5,7-8H,3,6,9H2,1-2H3. The molecule has 8 heteroatoms. The summed E-state index contributed by atoms with van der Waals surface area (Å²) in [4.78, 5) is 6.77. The fourth-order valence-electron chi connectivity index (χ4n) is 3.05. The monoisotopic (exact) mass is 362 g/mol. The molecule has 0 spiro atoms. The third-order valence-electron chi connectivity index (χ3n) is 4.16. The molecular formula is C16H16Cl2N6. The zero-order valence-corrected chi connectivity index (χ0v) is 14.9. The molecule has 3 heterocycles. The molecule has 1 aliphatic heterocycles. The summed E-state index contributed by atoms with van der Waals surface area (Å²) in [5.74, 6) is 2.55. The number of fused-ring (bicyclic) bond motifs is 3. The Labute approximate surface area is 149 Å². The van der Waals surface area contributed by atoms with Crippen molar-refractivity contribution in [2.75, 3.05) is 11.4 Å². The van der Waals surface area contributed by atoms with Crippen molar-refractivity contribution in [3.63, 3.8) is 0 Å². The van der Waals surface area contributed by atoms with E-state index in [2.05, 4.69) is 31.6 Å². The zero-order chi connectivity index (χ0) is 16.8. The number of rotatable bonds is 3. The van der Waals surface area contributed by atoms with Crippen molar-refractivity contribution in [3.8, 4) is 22.9 Å². The molecule has 2 aromatic heterocycles. The van der Waals surface area contributed by atoms with Crippen molar-refractivity contribution >= 4 is 29.0 Å². The van der Waals surface area contributed by atoms with Crippen LogP contribution in [0.3, 0.4) is 0 Å². The van der Waals surface area contributed by atoms with E-state index < -0.39 is 0 Å². The molecule has 0 radical (unpaired) electrons. The molecule has 0 bridgehead atoms. The van der Waals surface area contributed by atoms with Gasteiger partial charge >= 0.3 is 0 Å². The van der Waals surface area contributed by atoms with E-state index in [1.807, 2.05) is 30.1 Å². The van der Waals surface area contributed by atoms with Crippen LogP contribution in [0.25, 0.3) is 22.9 Å². The Morgan fingerprint density at radius 2 is 1.92 bits per heavy atom. The Balaban J connectivity index is 1.87. The molecule has 6 nitrogen and oxygen atoms in total. The van der Waals surface area contributed by atoms with Crippen LogP contribution in [0.1, 0.15) is 13.3 Å². The first kappa shape index (κ1) is 15.5. The first-order valence-electron chi connectivity index (χ1n) is 7.75. The fourth-order valence-corrected chi connectivity index (χ4v) is 3.35. The molecule has 0 N–H and O–H groups in total. The van der Waals surface area contributed by atoms with E-state index in [0.29, 0.717) is 16.7 Å². The number of hydrogen-bond donors (Lipinski definition) is 0. The van der Waals surface area contributed by atoms with Gasteiger partial charge in [0.25, 0.3) is 0 Å². The summed E-state index contributed by atoms with van der Waals surface area (Å²) in [6, 6.07) is 5.52. The minimum atomic E-state index is 0.508. The third-order valence-corrected chi connectivity index (χ3v) is 4.90. The average Bonchev–Trinajstić information content (AvgIpc) is 3.14. The molecule has 0 saturated heterocycles. The number of benzene rings is 1. The Morgan fingerprint density at radius 1 is 1.12 bits per heavy atom. The average molecular weight is 363 g/mol. The van der Waals surface area contributed by atoms with Gasteiger partial charge in [0.1, 0.15) is 5.69 Å². The zero-order valence-electron chi connectivity index (χ0n) is 13.4. The largest absolute Gasteiger partial charge is 0.337 e. The predicted octanol–water partition coefficient (Wildman–Crippen LogP) is 3.84. The van der Waals surface area contributed by atoms with Gasteiger partial charge < -0.3 is 9.47 Å². The maximum Gasteiger partial charge on any atom is 0.186 e. The highest BCUT2D eigenvalue weighted by Gasteiger charge is 2.29. The van der Waals surface area contributed by atoms with Gasteiger partial charge in [-0.05, 0) is 24.6 Å². The molecule has 3 aromatic rings. The van der Waals surface area contributed by atoms with Gasteiger partial charge in [-0.3, -0.25) is 4.57 Å². The van der Waals surface area contributed by atoms with Crippen LogP contribution in [0.2, 0.25) is 10.0 Å². The summed E-state index contributed by atoms with van der Waals surface area (Å²) >= 11 is 12.2. The van der Waals surface area contributed by atoms with Gasteiger partial charge in [-0.25, -0.2) is 4.98 Å². The molecule has 0 unspecified atom stereocenters. The van der Waals surface area contributed by atoms with Gasteiger partial charge in [0.05, 0.1) is 23.0 Å². The van der Waals surface area contributed by atoms with Gasteiger partial charge in [0.2, 0.25) is 0 Å². The number of halogens is 2. The molecule has 0 atom stereocenters. The van der Waals surface area contributed by atoms with Gasteiger partial charge in [-0.15, -0.1) is 10.2 Å². The van der Waals surface area contributed by atoms with Gasteiger partial charge in [-0.2, -0.15) is 0 Å². The van der Waals surface area contributed by atoms with Gasteiger partial charge in [-0.1, -0.05) is 30.1 Å². The molecule has 0 aliphatic carbocycles. The SMILES string of the molecule is CCCN1Cn2c(-c3ccc(Cl)c(Cl)c3)nnc2-c2c1ncn2C. The maximum atomic E-state index is 6.17. The van der Waals surface area contributed by atoms with Crippen molar-refractivity contribution in [1.29, 1.82) is 0 Å². The second-order valence-corrected chi connectivity index (χ2v) is 6.65. The van der Waals surface area contributed by atoms with E-state index >= 15 is 0 Å². The fraction of sp³-hybridized carbons (Fsp3) is 0.312. The van der Waals surface area contributed by atoms with Crippen LogP contribution in [-0.2, 0) is 13.7 Å². The van der Waals surface area contributed by atoms with Crippen LogP contribution in [0.5, 0.6) is 0 Å². The van der Waals surface area contributed by atoms with E-state index in [9.17, 15) is 0 Å². The lowest BCUT2D eigenvalue weighted by Crippen LogP contribution is -2.32. The number of aromatic nitrogens is 5. The number of aryl methyl sites for hydroxylation is 1. The lowest BCUT2D eigenvalue weighted by atomic mass is 10.2. The van der Waals surface area contributed by atoms with Crippen LogP contribution in [0, 0.1) is 0 Å². The second kappa shape index (κ2) is 5.79. The smallest absolute Gasteiger partial charge is 0.186 e. The molecule has 4 rings (SSSR count). The summed E-state index contributed by atoms with van der Waals surface area (Å²) in [6.07, 6.45) is 2.85. The second-order valence-electron chi connectivity index (χ2n) is 5.84. The van der Waals surface area contributed by atoms with E-state index in [0.717, 1.165) is 41.7 Å². The highest BCUT2D eigenvalue weighted by Crippen LogP contribution is 2.36. The van der Waals surface area contributed by atoms with Crippen LogP contribution in [-0.4, -0.2) is 30.9 Å². The topological polar surface area (TPSA) is 51.8 Å². The van der Waals surface area contributed by atoms with Crippen LogP contribution >= 0.6 is 23.2 Å². The molecular weight excluding hydrogens is 347 g/mol. The summed E-state index contributed by atoms with van der Waals surface area (Å²) in [7, 11) is 1.97.